The lowest BCUT2D eigenvalue weighted by molar-refractivity contribution is 0.000500. The molecule has 4 heteroatoms. The van der Waals surface area contributed by atoms with Crippen LogP contribution in [-0.2, 0) is 5.60 Å². The van der Waals surface area contributed by atoms with E-state index in [0.29, 0.717) is 30.3 Å². The molecular formula is C18H18O4. The molecule has 0 radical (unpaired) electrons. The lowest BCUT2D eigenvalue weighted by Gasteiger charge is -2.36. The number of para-hydroxylation sites is 1. The Morgan fingerprint density at radius 1 is 1.23 bits per heavy atom. The Bertz CT molecular complexity index is 695. The van der Waals surface area contributed by atoms with E-state index in [0.717, 1.165) is 17.6 Å². The van der Waals surface area contributed by atoms with Gasteiger partial charge in [0.25, 0.3) is 0 Å². The van der Waals surface area contributed by atoms with Crippen LogP contribution >= 0.6 is 0 Å². The first-order valence-corrected chi connectivity index (χ1v) is 7.29. The molecule has 0 aliphatic carbocycles. The second kappa shape index (κ2) is 5.72. The molecule has 1 aliphatic heterocycles. The van der Waals surface area contributed by atoms with Crippen LogP contribution in [0.3, 0.4) is 0 Å². The normalized spacial score (nSPS) is 19.5. The van der Waals surface area contributed by atoms with Crippen molar-refractivity contribution in [2.75, 3.05) is 13.2 Å². The minimum Gasteiger partial charge on any atom is -0.493 e. The van der Waals surface area contributed by atoms with Gasteiger partial charge in [-0.05, 0) is 38.1 Å². The van der Waals surface area contributed by atoms with Crippen LogP contribution in [-0.4, -0.2) is 19.5 Å². The van der Waals surface area contributed by atoms with E-state index in [1.165, 1.54) is 0 Å². The maximum absolute atomic E-state index is 10.8. The number of carbonyl (C=O) groups is 1. The highest BCUT2D eigenvalue weighted by atomic mass is 16.6. The van der Waals surface area contributed by atoms with Crippen molar-refractivity contribution >= 4 is 6.29 Å². The molecule has 0 saturated heterocycles. The third-order valence-corrected chi connectivity index (χ3v) is 3.70. The molecule has 1 heterocycles. The Labute approximate surface area is 129 Å². The molecule has 22 heavy (non-hydrogen) atoms. The summed E-state index contributed by atoms with van der Waals surface area (Å²) < 4.78 is 17.7. The lowest BCUT2D eigenvalue weighted by Crippen LogP contribution is -2.39. The summed E-state index contributed by atoms with van der Waals surface area (Å²) >= 11 is 0. The summed E-state index contributed by atoms with van der Waals surface area (Å²) in [7, 11) is 0. The van der Waals surface area contributed by atoms with E-state index in [1.54, 1.807) is 18.2 Å². The minimum absolute atomic E-state index is 0.354. The zero-order chi connectivity index (χ0) is 15.6. The van der Waals surface area contributed by atoms with Gasteiger partial charge in [0.05, 0.1) is 6.61 Å². The van der Waals surface area contributed by atoms with E-state index in [2.05, 4.69) is 0 Å². The van der Waals surface area contributed by atoms with Crippen LogP contribution in [0.2, 0.25) is 0 Å². The molecule has 3 rings (SSSR count). The van der Waals surface area contributed by atoms with Crippen molar-refractivity contribution < 1.29 is 19.0 Å². The van der Waals surface area contributed by atoms with Gasteiger partial charge in [-0.1, -0.05) is 18.2 Å². The summed E-state index contributed by atoms with van der Waals surface area (Å²) in [5.74, 6) is 2.02. The Morgan fingerprint density at radius 3 is 2.82 bits per heavy atom. The van der Waals surface area contributed by atoms with Gasteiger partial charge < -0.3 is 14.2 Å². The van der Waals surface area contributed by atoms with Crippen molar-refractivity contribution in [3.8, 4) is 17.2 Å². The largest absolute Gasteiger partial charge is 0.493 e. The Balaban J connectivity index is 1.97. The second-order valence-electron chi connectivity index (χ2n) is 5.37. The van der Waals surface area contributed by atoms with Crippen LogP contribution in [0.4, 0.5) is 0 Å². The second-order valence-corrected chi connectivity index (χ2v) is 5.37. The Hall–Kier alpha value is -2.49. The number of ether oxygens (including phenoxy) is 3. The fourth-order valence-electron chi connectivity index (χ4n) is 2.60. The molecule has 0 saturated carbocycles. The number of hydrogen-bond acceptors (Lipinski definition) is 4. The standard InChI is InChI=1S/C18H18O4/c1-3-20-15-7-5-4-6-14(15)18(2)12-21-17-10-13(11-19)8-9-16(17)22-18/h4-11H,3,12H2,1-2H3. The van der Waals surface area contributed by atoms with Gasteiger partial charge in [-0.15, -0.1) is 0 Å². The highest BCUT2D eigenvalue weighted by Crippen LogP contribution is 2.42. The van der Waals surface area contributed by atoms with Gasteiger partial charge in [-0.2, -0.15) is 0 Å². The van der Waals surface area contributed by atoms with E-state index >= 15 is 0 Å². The molecule has 4 nitrogen and oxygen atoms in total. The summed E-state index contributed by atoms with van der Waals surface area (Å²) in [5.41, 5.74) is 0.879. The van der Waals surface area contributed by atoms with Crippen molar-refractivity contribution in [1.82, 2.24) is 0 Å². The number of hydrogen-bond donors (Lipinski definition) is 0. The predicted molar refractivity (Wildman–Crippen MR) is 82.9 cm³/mol. The molecule has 1 aliphatic rings. The Morgan fingerprint density at radius 2 is 2.05 bits per heavy atom. The van der Waals surface area contributed by atoms with Crippen LogP contribution in [0.25, 0.3) is 0 Å². The third kappa shape index (κ3) is 2.52. The van der Waals surface area contributed by atoms with E-state index in [1.807, 2.05) is 38.1 Å². The number of aldehydes is 1. The van der Waals surface area contributed by atoms with Gasteiger partial charge in [0.15, 0.2) is 17.1 Å². The predicted octanol–water partition coefficient (Wildman–Crippen LogP) is 3.58. The Kier molecular flexibility index (Phi) is 3.75. The number of rotatable bonds is 4. The summed E-state index contributed by atoms with van der Waals surface area (Å²) in [6.45, 7) is 4.87. The summed E-state index contributed by atoms with van der Waals surface area (Å²) in [6.07, 6.45) is 0.793. The molecule has 0 N–H and O–H groups in total. The molecule has 0 fully saturated rings. The van der Waals surface area contributed by atoms with Crippen molar-refractivity contribution in [1.29, 1.82) is 0 Å². The molecular weight excluding hydrogens is 280 g/mol. The van der Waals surface area contributed by atoms with Gasteiger partial charge in [-0.25, -0.2) is 0 Å². The molecule has 2 aromatic carbocycles. The zero-order valence-corrected chi connectivity index (χ0v) is 12.7. The molecule has 1 unspecified atom stereocenters. The molecule has 0 aromatic heterocycles. The van der Waals surface area contributed by atoms with E-state index in [-0.39, 0.29) is 0 Å². The minimum atomic E-state index is -0.637. The monoisotopic (exact) mass is 298 g/mol. The fourth-order valence-corrected chi connectivity index (χ4v) is 2.60. The first kappa shape index (κ1) is 14.4. The van der Waals surface area contributed by atoms with Crippen LogP contribution in [0.15, 0.2) is 42.5 Å². The number of benzene rings is 2. The molecule has 0 spiro atoms. The highest BCUT2D eigenvalue weighted by molar-refractivity contribution is 5.76. The first-order chi connectivity index (χ1) is 10.7. The SMILES string of the molecule is CCOc1ccccc1C1(C)COc2cc(C=O)ccc2O1. The highest BCUT2D eigenvalue weighted by Gasteiger charge is 2.37. The zero-order valence-electron chi connectivity index (χ0n) is 12.7. The molecule has 114 valence electrons. The summed E-state index contributed by atoms with van der Waals surface area (Å²) in [5, 5.41) is 0. The number of fused-ring (bicyclic) bond motifs is 1. The fraction of sp³-hybridized carbons (Fsp3) is 0.278. The van der Waals surface area contributed by atoms with Crippen LogP contribution < -0.4 is 14.2 Å². The molecule has 0 bridgehead atoms. The van der Waals surface area contributed by atoms with Gasteiger partial charge in [0.2, 0.25) is 0 Å². The van der Waals surface area contributed by atoms with E-state index < -0.39 is 5.60 Å². The van der Waals surface area contributed by atoms with Crippen LogP contribution in [0.1, 0.15) is 29.8 Å². The van der Waals surface area contributed by atoms with Crippen molar-refractivity contribution in [3.05, 3.63) is 53.6 Å². The van der Waals surface area contributed by atoms with Gasteiger partial charge in [0.1, 0.15) is 18.6 Å². The quantitative estimate of drug-likeness (QED) is 0.809. The van der Waals surface area contributed by atoms with Gasteiger partial charge in [-0.3, -0.25) is 4.79 Å². The van der Waals surface area contributed by atoms with Gasteiger partial charge >= 0.3 is 0 Å². The third-order valence-electron chi connectivity index (χ3n) is 3.70. The molecule has 1 atom stereocenters. The summed E-state index contributed by atoms with van der Waals surface area (Å²) in [4.78, 5) is 10.8. The average molecular weight is 298 g/mol. The lowest BCUT2D eigenvalue weighted by atomic mass is 9.94. The number of carbonyl (C=O) groups excluding carboxylic acids is 1. The van der Waals surface area contributed by atoms with E-state index in [9.17, 15) is 4.79 Å². The first-order valence-electron chi connectivity index (χ1n) is 7.29. The maximum Gasteiger partial charge on any atom is 0.169 e. The van der Waals surface area contributed by atoms with Gasteiger partial charge in [0, 0.05) is 11.1 Å². The van der Waals surface area contributed by atoms with Crippen molar-refractivity contribution in [3.63, 3.8) is 0 Å². The van der Waals surface area contributed by atoms with Crippen LogP contribution in [0.5, 0.6) is 17.2 Å². The maximum atomic E-state index is 10.8. The average Bonchev–Trinajstić information content (AvgIpc) is 2.55. The topological polar surface area (TPSA) is 44.8 Å². The van der Waals surface area contributed by atoms with Crippen molar-refractivity contribution in [2.24, 2.45) is 0 Å². The van der Waals surface area contributed by atoms with Crippen LogP contribution in [0, 0.1) is 0 Å². The molecule has 2 aromatic rings. The smallest absolute Gasteiger partial charge is 0.169 e. The van der Waals surface area contributed by atoms with E-state index in [4.69, 9.17) is 14.2 Å². The van der Waals surface area contributed by atoms with Crippen molar-refractivity contribution in [2.45, 2.75) is 19.4 Å². The summed E-state index contributed by atoms with van der Waals surface area (Å²) in [6, 6.07) is 13.0. The molecule has 0 amide bonds.